The fourth-order valence-corrected chi connectivity index (χ4v) is 1.78. The van der Waals surface area contributed by atoms with Gasteiger partial charge in [0.2, 0.25) is 0 Å². The lowest BCUT2D eigenvalue weighted by molar-refractivity contribution is 0.0857. The highest BCUT2D eigenvalue weighted by Crippen LogP contribution is 2.24. The summed E-state index contributed by atoms with van der Waals surface area (Å²) in [5.41, 5.74) is 5.78. The third kappa shape index (κ3) is 2.30. The van der Waals surface area contributed by atoms with Crippen molar-refractivity contribution in [1.82, 2.24) is 5.32 Å². The van der Waals surface area contributed by atoms with Crippen LogP contribution in [0.5, 0.6) is 0 Å². The molecule has 0 amide bonds. The Labute approximate surface area is 80.3 Å². The molecule has 0 aliphatic carbocycles. The van der Waals surface area contributed by atoms with Gasteiger partial charge in [0, 0.05) is 13.2 Å². The van der Waals surface area contributed by atoms with E-state index in [0.29, 0.717) is 6.54 Å². The Hall–Kier alpha value is -0.380. The largest absolute Gasteiger partial charge is 0.376 e. The van der Waals surface area contributed by atoms with Crippen molar-refractivity contribution in [3.63, 3.8) is 0 Å². The molecular weight excluding hydrogens is 164 g/mol. The molecule has 0 saturated carbocycles. The quantitative estimate of drug-likeness (QED) is 0.487. The van der Waals surface area contributed by atoms with Gasteiger partial charge in [0.05, 0.1) is 11.6 Å². The lowest BCUT2D eigenvalue weighted by Gasteiger charge is -2.32. The van der Waals surface area contributed by atoms with Gasteiger partial charge in [-0.15, -0.1) is 6.58 Å². The number of rotatable bonds is 5. The second-order valence-corrected chi connectivity index (χ2v) is 3.63. The number of ether oxygens (including phenoxy) is 1. The number of nitrogens with one attached hydrogen (secondary N) is 1. The van der Waals surface area contributed by atoms with E-state index in [1.165, 1.54) is 0 Å². The molecule has 1 saturated heterocycles. The van der Waals surface area contributed by atoms with Crippen LogP contribution in [-0.4, -0.2) is 31.3 Å². The van der Waals surface area contributed by atoms with Crippen LogP contribution in [0.2, 0.25) is 0 Å². The molecule has 1 heterocycles. The van der Waals surface area contributed by atoms with Gasteiger partial charge in [-0.05, 0) is 26.3 Å². The maximum atomic E-state index is 5.77. The van der Waals surface area contributed by atoms with Crippen molar-refractivity contribution in [3.8, 4) is 0 Å². The minimum Gasteiger partial charge on any atom is -0.376 e. The first kappa shape index (κ1) is 10.7. The average molecular weight is 184 g/mol. The lowest BCUT2D eigenvalue weighted by atomic mass is 9.92. The molecule has 3 nitrogen and oxygen atoms in total. The minimum atomic E-state index is 0.00299. The van der Waals surface area contributed by atoms with Crippen LogP contribution in [0.25, 0.3) is 0 Å². The van der Waals surface area contributed by atoms with Crippen molar-refractivity contribution in [2.24, 2.45) is 5.73 Å². The van der Waals surface area contributed by atoms with Crippen LogP contribution in [0.3, 0.4) is 0 Å². The topological polar surface area (TPSA) is 47.3 Å². The summed E-state index contributed by atoms with van der Waals surface area (Å²) in [7, 11) is 0. The van der Waals surface area contributed by atoms with Gasteiger partial charge in [-0.1, -0.05) is 6.08 Å². The Morgan fingerprint density at radius 1 is 1.77 bits per heavy atom. The Bertz CT molecular complexity index is 172. The van der Waals surface area contributed by atoms with Gasteiger partial charge in [0.25, 0.3) is 0 Å². The molecule has 0 spiro atoms. The monoisotopic (exact) mass is 184 g/mol. The van der Waals surface area contributed by atoms with Crippen molar-refractivity contribution in [1.29, 1.82) is 0 Å². The van der Waals surface area contributed by atoms with Crippen molar-refractivity contribution < 1.29 is 4.74 Å². The van der Waals surface area contributed by atoms with E-state index < -0.39 is 0 Å². The van der Waals surface area contributed by atoms with Gasteiger partial charge < -0.3 is 15.8 Å². The molecule has 3 heteroatoms. The summed E-state index contributed by atoms with van der Waals surface area (Å²) in [5.74, 6) is 0. The van der Waals surface area contributed by atoms with Crippen molar-refractivity contribution in [2.75, 3.05) is 19.7 Å². The summed E-state index contributed by atoms with van der Waals surface area (Å²) in [6.45, 7) is 8.18. The van der Waals surface area contributed by atoms with E-state index in [-0.39, 0.29) is 11.6 Å². The van der Waals surface area contributed by atoms with E-state index >= 15 is 0 Å². The smallest absolute Gasteiger partial charge is 0.0741 e. The Morgan fingerprint density at radius 3 is 3.00 bits per heavy atom. The van der Waals surface area contributed by atoms with E-state index in [1.54, 1.807) is 0 Å². The van der Waals surface area contributed by atoms with Crippen LogP contribution in [-0.2, 0) is 4.74 Å². The molecule has 0 bridgehead atoms. The minimum absolute atomic E-state index is 0.00299. The maximum Gasteiger partial charge on any atom is 0.0741 e. The Kier molecular flexibility index (Phi) is 3.90. The zero-order chi connectivity index (χ0) is 9.73. The molecule has 76 valence electrons. The SMILES string of the molecule is C=CCCNC1(CN)CCOC1C. The first-order valence-electron chi connectivity index (χ1n) is 4.93. The molecule has 13 heavy (non-hydrogen) atoms. The summed E-state index contributed by atoms with van der Waals surface area (Å²) in [5, 5.41) is 3.47. The highest BCUT2D eigenvalue weighted by molar-refractivity contribution is 4.98. The van der Waals surface area contributed by atoms with Gasteiger partial charge in [-0.25, -0.2) is 0 Å². The van der Waals surface area contributed by atoms with Crippen molar-refractivity contribution in [2.45, 2.75) is 31.4 Å². The Balaban J connectivity index is 2.43. The molecule has 0 aromatic carbocycles. The molecule has 1 aliphatic heterocycles. The fraction of sp³-hybridized carbons (Fsp3) is 0.800. The molecular formula is C10H20N2O. The van der Waals surface area contributed by atoms with Crippen LogP contribution in [0.4, 0.5) is 0 Å². The fourth-order valence-electron chi connectivity index (χ4n) is 1.78. The van der Waals surface area contributed by atoms with E-state index in [1.807, 2.05) is 6.08 Å². The van der Waals surface area contributed by atoms with E-state index in [4.69, 9.17) is 10.5 Å². The number of hydrogen-bond acceptors (Lipinski definition) is 3. The van der Waals surface area contributed by atoms with E-state index in [2.05, 4.69) is 18.8 Å². The molecule has 1 aliphatic rings. The van der Waals surface area contributed by atoms with Gasteiger partial charge >= 0.3 is 0 Å². The molecule has 3 N–H and O–H groups in total. The zero-order valence-corrected chi connectivity index (χ0v) is 8.38. The van der Waals surface area contributed by atoms with Gasteiger partial charge in [0.15, 0.2) is 0 Å². The molecule has 1 fully saturated rings. The summed E-state index contributed by atoms with van der Waals surface area (Å²) < 4.78 is 5.52. The van der Waals surface area contributed by atoms with Gasteiger partial charge in [-0.3, -0.25) is 0 Å². The van der Waals surface area contributed by atoms with Gasteiger partial charge in [-0.2, -0.15) is 0 Å². The maximum absolute atomic E-state index is 5.77. The summed E-state index contributed by atoms with van der Waals surface area (Å²) in [6, 6.07) is 0. The molecule has 0 radical (unpaired) electrons. The number of hydrogen-bond donors (Lipinski definition) is 2. The Morgan fingerprint density at radius 2 is 2.54 bits per heavy atom. The molecule has 1 rings (SSSR count). The van der Waals surface area contributed by atoms with E-state index in [9.17, 15) is 0 Å². The van der Waals surface area contributed by atoms with E-state index in [0.717, 1.165) is 26.0 Å². The van der Waals surface area contributed by atoms with Crippen LogP contribution < -0.4 is 11.1 Å². The summed E-state index contributed by atoms with van der Waals surface area (Å²) >= 11 is 0. The summed E-state index contributed by atoms with van der Waals surface area (Å²) in [6.07, 6.45) is 4.14. The normalized spacial score (nSPS) is 33.5. The molecule has 2 unspecified atom stereocenters. The second kappa shape index (κ2) is 4.74. The molecule has 0 aromatic heterocycles. The van der Waals surface area contributed by atoms with Crippen molar-refractivity contribution in [3.05, 3.63) is 12.7 Å². The second-order valence-electron chi connectivity index (χ2n) is 3.63. The van der Waals surface area contributed by atoms with Crippen LogP contribution in [0.15, 0.2) is 12.7 Å². The van der Waals surface area contributed by atoms with Crippen LogP contribution in [0, 0.1) is 0 Å². The highest BCUT2D eigenvalue weighted by atomic mass is 16.5. The van der Waals surface area contributed by atoms with Crippen molar-refractivity contribution >= 4 is 0 Å². The van der Waals surface area contributed by atoms with Gasteiger partial charge in [0.1, 0.15) is 0 Å². The zero-order valence-electron chi connectivity index (χ0n) is 8.38. The third-order valence-electron chi connectivity index (χ3n) is 2.88. The standard InChI is InChI=1S/C10H20N2O/c1-3-4-6-12-10(8-11)5-7-13-9(10)2/h3,9,12H,1,4-8,11H2,2H3. The number of nitrogens with two attached hydrogens (primary N) is 1. The summed E-state index contributed by atoms with van der Waals surface area (Å²) in [4.78, 5) is 0. The predicted molar refractivity (Wildman–Crippen MR) is 54.6 cm³/mol. The van der Waals surface area contributed by atoms with Crippen LogP contribution >= 0.6 is 0 Å². The average Bonchev–Trinajstić information content (AvgIpc) is 2.49. The molecule has 0 aromatic rings. The lowest BCUT2D eigenvalue weighted by Crippen LogP contribution is -2.56. The first-order chi connectivity index (χ1) is 6.25. The first-order valence-corrected chi connectivity index (χ1v) is 4.93. The predicted octanol–water partition coefficient (Wildman–Crippen LogP) is 0.658. The highest BCUT2D eigenvalue weighted by Gasteiger charge is 2.39. The third-order valence-corrected chi connectivity index (χ3v) is 2.88. The molecule has 2 atom stereocenters. The van der Waals surface area contributed by atoms with Crippen LogP contribution in [0.1, 0.15) is 19.8 Å².